The summed E-state index contributed by atoms with van der Waals surface area (Å²) in [5, 5.41) is 0. The van der Waals surface area contributed by atoms with Gasteiger partial charge in [0.15, 0.2) is 0 Å². The molecular weight excluding hydrogens is 164 g/mol. The van der Waals surface area contributed by atoms with E-state index in [1.54, 1.807) is 12.5 Å². The summed E-state index contributed by atoms with van der Waals surface area (Å²) in [5.74, 6) is 0. The van der Waals surface area contributed by atoms with E-state index in [0.717, 1.165) is 19.5 Å². The number of rotatable bonds is 5. The Labute approximate surface area is 79.5 Å². The van der Waals surface area contributed by atoms with Crippen molar-refractivity contribution < 1.29 is 4.42 Å². The molecule has 3 heteroatoms. The molecule has 0 spiro atoms. The van der Waals surface area contributed by atoms with E-state index in [4.69, 9.17) is 10.2 Å². The van der Waals surface area contributed by atoms with Gasteiger partial charge in [0.2, 0.25) is 0 Å². The monoisotopic (exact) mass is 182 g/mol. The van der Waals surface area contributed by atoms with E-state index in [0.29, 0.717) is 6.04 Å². The summed E-state index contributed by atoms with van der Waals surface area (Å²) in [4.78, 5) is 2.28. The molecule has 1 aromatic rings. The predicted octanol–water partition coefficient (Wildman–Crippen LogP) is 1.45. The summed E-state index contributed by atoms with van der Waals surface area (Å²) in [7, 11) is 2.10. The highest BCUT2D eigenvalue weighted by atomic mass is 16.3. The summed E-state index contributed by atoms with van der Waals surface area (Å²) in [5.41, 5.74) is 6.71. The molecule has 3 nitrogen and oxygen atoms in total. The summed E-state index contributed by atoms with van der Waals surface area (Å²) < 4.78 is 5.00. The van der Waals surface area contributed by atoms with Gasteiger partial charge in [-0.1, -0.05) is 0 Å². The van der Waals surface area contributed by atoms with E-state index in [-0.39, 0.29) is 0 Å². The van der Waals surface area contributed by atoms with Crippen LogP contribution in [0.5, 0.6) is 0 Å². The van der Waals surface area contributed by atoms with Crippen LogP contribution in [0.1, 0.15) is 18.9 Å². The zero-order valence-corrected chi connectivity index (χ0v) is 8.36. The van der Waals surface area contributed by atoms with Gasteiger partial charge in [-0.2, -0.15) is 0 Å². The van der Waals surface area contributed by atoms with E-state index in [2.05, 4.69) is 18.9 Å². The Kier molecular flexibility index (Phi) is 3.99. The SMILES string of the molecule is CC(CCN)N(C)Cc1ccoc1. The lowest BCUT2D eigenvalue weighted by Gasteiger charge is -2.23. The van der Waals surface area contributed by atoms with Gasteiger partial charge >= 0.3 is 0 Å². The molecule has 1 unspecified atom stereocenters. The first-order chi connectivity index (χ1) is 6.24. The summed E-state index contributed by atoms with van der Waals surface area (Å²) in [6, 6.07) is 2.52. The lowest BCUT2D eigenvalue weighted by molar-refractivity contribution is 0.240. The van der Waals surface area contributed by atoms with Crippen molar-refractivity contribution in [3.8, 4) is 0 Å². The number of hydrogen-bond donors (Lipinski definition) is 1. The fourth-order valence-electron chi connectivity index (χ4n) is 1.29. The molecule has 74 valence electrons. The minimum Gasteiger partial charge on any atom is -0.472 e. The average Bonchev–Trinajstić information content (AvgIpc) is 2.57. The maximum Gasteiger partial charge on any atom is 0.0947 e. The predicted molar refractivity (Wildman–Crippen MR) is 53.3 cm³/mol. The Morgan fingerprint density at radius 1 is 1.62 bits per heavy atom. The van der Waals surface area contributed by atoms with Crippen LogP contribution in [0.3, 0.4) is 0 Å². The van der Waals surface area contributed by atoms with Gasteiger partial charge < -0.3 is 10.2 Å². The molecular formula is C10H18N2O. The largest absolute Gasteiger partial charge is 0.472 e. The Bertz CT molecular complexity index is 221. The van der Waals surface area contributed by atoms with Crippen LogP contribution in [0.25, 0.3) is 0 Å². The molecule has 0 saturated carbocycles. The van der Waals surface area contributed by atoms with Gasteiger partial charge in [0.25, 0.3) is 0 Å². The second-order valence-corrected chi connectivity index (χ2v) is 3.47. The average molecular weight is 182 g/mol. The molecule has 13 heavy (non-hydrogen) atoms. The van der Waals surface area contributed by atoms with Crippen LogP contribution in [-0.2, 0) is 6.54 Å². The molecule has 1 rings (SSSR count). The lowest BCUT2D eigenvalue weighted by atomic mass is 10.2. The van der Waals surface area contributed by atoms with Gasteiger partial charge in [-0.05, 0) is 33.0 Å². The normalized spacial score (nSPS) is 13.5. The van der Waals surface area contributed by atoms with E-state index >= 15 is 0 Å². The van der Waals surface area contributed by atoms with E-state index in [9.17, 15) is 0 Å². The van der Waals surface area contributed by atoms with Crippen molar-refractivity contribution in [3.05, 3.63) is 24.2 Å². The first-order valence-corrected chi connectivity index (χ1v) is 4.65. The molecule has 0 aliphatic carbocycles. The minimum atomic E-state index is 0.528. The molecule has 1 heterocycles. The minimum absolute atomic E-state index is 0.528. The third kappa shape index (κ3) is 3.20. The van der Waals surface area contributed by atoms with Crippen LogP contribution in [0, 0.1) is 0 Å². The van der Waals surface area contributed by atoms with Crippen LogP contribution < -0.4 is 5.73 Å². The molecule has 1 aromatic heterocycles. The van der Waals surface area contributed by atoms with E-state index < -0.39 is 0 Å². The first kappa shape index (κ1) is 10.3. The molecule has 0 bridgehead atoms. The highest BCUT2D eigenvalue weighted by molar-refractivity contribution is 5.04. The van der Waals surface area contributed by atoms with Gasteiger partial charge in [-0.15, -0.1) is 0 Å². The number of nitrogens with zero attached hydrogens (tertiary/aromatic N) is 1. The second kappa shape index (κ2) is 5.04. The van der Waals surface area contributed by atoms with Crippen molar-refractivity contribution in [1.82, 2.24) is 4.90 Å². The van der Waals surface area contributed by atoms with Crippen LogP contribution in [0.2, 0.25) is 0 Å². The maximum atomic E-state index is 5.50. The van der Waals surface area contributed by atoms with Crippen LogP contribution in [-0.4, -0.2) is 24.5 Å². The lowest BCUT2D eigenvalue weighted by Crippen LogP contribution is -2.30. The zero-order chi connectivity index (χ0) is 9.68. The number of furan rings is 1. The van der Waals surface area contributed by atoms with E-state index in [1.165, 1.54) is 5.56 Å². The Balaban J connectivity index is 2.36. The smallest absolute Gasteiger partial charge is 0.0947 e. The van der Waals surface area contributed by atoms with Gasteiger partial charge in [0.1, 0.15) is 0 Å². The molecule has 1 atom stereocenters. The van der Waals surface area contributed by atoms with Crippen molar-refractivity contribution in [2.45, 2.75) is 25.9 Å². The number of nitrogens with two attached hydrogens (primary N) is 1. The summed E-state index contributed by atoms with van der Waals surface area (Å²) in [6.07, 6.45) is 4.52. The first-order valence-electron chi connectivity index (χ1n) is 4.65. The van der Waals surface area contributed by atoms with Crippen molar-refractivity contribution in [1.29, 1.82) is 0 Å². The van der Waals surface area contributed by atoms with Gasteiger partial charge in [-0.25, -0.2) is 0 Å². The quantitative estimate of drug-likeness (QED) is 0.749. The van der Waals surface area contributed by atoms with Crippen molar-refractivity contribution in [2.75, 3.05) is 13.6 Å². The second-order valence-electron chi connectivity index (χ2n) is 3.47. The van der Waals surface area contributed by atoms with Gasteiger partial charge in [0.05, 0.1) is 12.5 Å². The molecule has 0 fully saturated rings. The molecule has 0 aliphatic heterocycles. The zero-order valence-electron chi connectivity index (χ0n) is 8.36. The summed E-state index contributed by atoms with van der Waals surface area (Å²) in [6.45, 7) is 3.86. The Morgan fingerprint density at radius 3 is 2.92 bits per heavy atom. The highest BCUT2D eigenvalue weighted by Crippen LogP contribution is 2.07. The van der Waals surface area contributed by atoms with Crippen LogP contribution in [0.15, 0.2) is 23.0 Å². The highest BCUT2D eigenvalue weighted by Gasteiger charge is 2.08. The molecule has 0 aromatic carbocycles. The van der Waals surface area contributed by atoms with Crippen molar-refractivity contribution in [3.63, 3.8) is 0 Å². The molecule has 0 aliphatic rings. The van der Waals surface area contributed by atoms with Crippen molar-refractivity contribution in [2.24, 2.45) is 5.73 Å². The van der Waals surface area contributed by atoms with Gasteiger partial charge in [-0.3, -0.25) is 4.90 Å². The Morgan fingerprint density at radius 2 is 2.38 bits per heavy atom. The molecule has 2 N–H and O–H groups in total. The number of hydrogen-bond acceptors (Lipinski definition) is 3. The van der Waals surface area contributed by atoms with Crippen LogP contribution >= 0.6 is 0 Å². The Hall–Kier alpha value is -0.800. The third-order valence-electron chi connectivity index (χ3n) is 2.35. The standard InChI is InChI=1S/C10H18N2O/c1-9(3-5-11)12(2)7-10-4-6-13-8-10/h4,6,8-9H,3,5,7,11H2,1-2H3. The van der Waals surface area contributed by atoms with E-state index in [1.807, 2.05) is 6.07 Å². The molecule has 0 amide bonds. The third-order valence-corrected chi connectivity index (χ3v) is 2.35. The maximum absolute atomic E-state index is 5.50. The topological polar surface area (TPSA) is 42.4 Å². The molecule has 0 radical (unpaired) electrons. The fraction of sp³-hybridized carbons (Fsp3) is 0.600. The fourth-order valence-corrected chi connectivity index (χ4v) is 1.29. The van der Waals surface area contributed by atoms with Gasteiger partial charge in [0, 0.05) is 18.2 Å². The molecule has 0 saturated heterocycles. The van der Waals surface area contributed by atoms with Crippen molar-refractivity contribution >= 4 is 0 Å². The van der Waals surface area contributed by atoms with Crippen LogP contribution in [0.4, 0.5) is 0 Å². The summed E-state index contributed by atoms with van der Waals surface area (Å²) >= 11 is 0.